The van der Waals surface area contributed by atoms with Crippen LogP contribution in [0.4, 0.5) is 15.8 Å². The standard InChI is InChI=1S/C21H18FN3O6S/c22-15-8-10-17(11-9-15)31-13-12-23-21(26)19-6-1-2-7-20(19)24-32(29,30)18-5-3-4-16(14-18)25(27)28/h1-11,14,24H,12-13H2,(H,23,26). The minimum Gasteiger partial charge on any atom is -0.492 e. The second-order valence-electron chi connectivity index (χ2n) is 6.46. The molecule has 0 fully saturated rings. The first-order valence-electron chi connectivity index (χ1n) is 9.29. The van der Waals surface area contributed by atoms with E-state index in [4.69, 9.17) is 4.74 Å². The molecule has 0 bridgehead atoms. The Morgan fingerprint density at radius 2 is 1.75 bits per heavy atom. The Balaban J connectivity index is 1.67. The number of halogens is 1. The van der Waals surface area contributed by atoms with Gasteiger partial charge in [0.2, 0.25) is 0 Å². The number of nitrogens with one attached hydrogen (secondary N) is 2. The summed E-state index contributed by atoms with van der Waals surface area (Å²) >= 11 is 0. The van der Waals surface area contributed by atoms with Gasteiger partial charge in [-0.25, -0.2) is 12.8 Å². The predicted octanol–water partition coefficient (Wildman–Crippen LogP) is 3.34. The molecule has 0 saturated carbocycles. The van der Waals surface area contributed by atoms with Gasteiger partial charge in [-0.15, -0.1) is 0 Å². The van der Waals surface area contributed by atoms with Crippen LogP contribution in [-0.4, -0.2) is 32.4 Å². The summed E-state index contributed by atoms with van der Waals surface area (Å²) in [5.74, 6) is -0.509. The van der Waals surface area contributed by atoms with Gasteiger partial charge in [-0.3, -0.25) is 19.6 Å². The molecule has 0 unspecified atom stereocenters. The minimum absolute atomic E-state index is 0.0101. The molecule has 166 valence electrons. The van der Waals surface area contributed by atoms with Crippen LogP contribution in [0.5, 0.6) is 5.75 Å². The second kappa shape index (κ2) is 9.88. The molecule has 0 saturated heterocycles. The number of amides is 1. The van der Waals surface area contributed by atoms with E-state index in [1.165, 1.54) is 54.6 Å². The molecular weight excluding hydrogens is 441 g/mol. The van der Waals surface area contributed by atoms with Gasteiger partial charge in [-0.2, -0.15) is 0 Å². The van der Waals surface area contributed by atoms with E-state index in [2.05, 4.69) is 10.0 Å². The molecule has 0 radical (unpaired) electrons. The summed E-state index contributed by atoms with van der Waals surface area (Å²) in [6.45, 7) is 0.223. The van der Waals surface area contributed by atoms with Crippen molar-refractivity contribution in [2.24, 2.45) is 0 Å². The lowest BCUT2D eigenvalue weighted by molar-refractivity contribution is -0.385. The summed E-state index contributed by atoms with van der Waals surface area (Å²) in [4.78, 5) is 22.5. The third-order valence-electron chi connectivity index (χ3n) is 4.22. The van der Waals surface area contributed by atoms with Crippen molar-refractivity contribution in [2.45, 2.75) is 4.90 Å². The average molecular weight is 459 g/mol. The maximum Gasteiger partial charge on any atom is 0.270 e. The lowest BCUT2D eigenvalue weighted by atomic mass is 10.1. The van der Waals surface area contributed by atoms with E-state index in [0.29, 0.717) is 5.75 Å². The number of benzene rings is 3. The topological polar surface area (TPSA) is 128 Å². The summed E-state index contributed by atoms with van der Waals surface area (Å²) < 4.78 is 45.9. The number of hydrogen-bond donors (Lipinski definition) is 2. The number of para-hydroxylation sites is 1. The minimum atomic E-state index is -4.18. The highest BCUT2D eigenvalue weighted by Crippen LogP contribution is 2.22. The molecule has 0 aliphatic heterocycles. The van der Waals surface area contributed by atoms with Crippen molar-refractivity contribution in [1.82, 2.24) is 5.32 Å². The van der Waals surface area contributed by atoms with Crippen LogP contribution in [0.2, 0.25) is 0 Å². The van der Waals surface area contributed by atoms with Crippen LogP contribution in [0.1, 0.15) is 10.4 Å². The molecule has 1 amide bonds. The average Bonchev–Trinajstić information content (AvgIpc) is 2.78. The van der Waals surface area contributed by atoms with Crippen molar-refractivity contribution < 1.29 is 27.3 Å². The van der Waals surface area contributed by atoms with Crippen molar-refractivity contribution in [1.29, 1.82) is 0 Å². The highest BCUT2D eigenvalue weighted by Gasteiger charge is 2.20. The molecule has 3 rings (SSSR count). The monoisotopic (exact) mass is 459 g/mol. The SMILES string of the molecule is O=C(NCCOc1ccc(F)cc1)c1ccccc1NS(=O)(=O)c1cccc([N+](=O)[O-])c1. The quantitative estimate of drug-likeness (QED) is 0.287. The largest absolute Gasteiger partial charge is 0.492 e. The molecule has 0 aromatic heterocycles. The molecule has 11 heteroatoms. The molecule has 0 aliphatic rings. The Hall–Kier alpha value is -3.99. The predicted molar refractivity (Wildman–Crippen MR) is 115 cm³/mol. The molecule has 0 heterocycles. The molecule has 2 N–H and O–H groups in total. The fraction of sp³-hybridized carbons (Fsp3) is 0.0952. The van der Waals surface area contributed by atoms with Crippen LogP contribution in [0.3, 0.4) is 0 Å². The van der Waals surface area contributed by atoms with E-state index in [0.717, 1.165) is 6.07 Å². The summed E-state index contributed by atoms with van der Waals surface area (Å²) in [5, 5.41) is 13.5. The number of rotatable bonds is 9. The van der Waals surface area contributed by atoms with Crippen molar-refractivity contribution in [2.75, 3.05) is 17.9 Å². The van der Waals surface area contributed by atoms with Crippen LogP contribution in [-0.2, 0) is 10.0 Å². The lowest BCUT2D eigenvalue weighted by Gasteiger charge is -2.13. The number of carbonyl (C=O) groups is 1. The van der Waals surface area contributed by atoms with E-state index >= 15 is 0 Å². The third kappa shape index (κ3) is 5.79. The van der Waals surface area contributed by atoms with Gasteiger partial charge >= 0.3 is 0 Å². The maximum atomic E-state index is 12.9. The van der Waals surface area contributed by atoms with Gasteiger partial charge < -0.3 is 10.1 Å². The van der Waals surface area contributed by atoms with E-state index in [9.17, 15) is 27.7 Å². The fourth-order valence-electron chi connectivity index (χ4n) is 2.70. The van der Waals surface area contributed by atoms with E-state index < -0.39 is 26.7 Å². The Bertz CT molecular complexity index is 1230. The van der Waals surface area contributed by atoms with Gasteiger partial charge in [0.05, 0.1) is 27.6 Å². The number of carbonyl (C=O) groups excluding carboxylic acids is 1. The molecule has 0 aliphatic carbocycles. The van der Waals surface area contributed by atoms with Crippen LogP contribution >= 0.6 is 0 Å². The highest BCUT2D eigenvalue weighted by atomic mass is 32.2. The van der Waals surface area contributed by atoms with E-state index in [1.807, 2.05) is 0 Å². The highest BCUT2D eigenvalue weighted by molar-refractivity contribution is 7.92. The van der Waals surface area contributed by atoms with Gasteiger partial charge in [0, 0.05) is 12.1 Å². The van der Waals surface area contributed by atoms with E-state index in [-0.39, 0.29) is 35.0 Å². The third-order valence-corrected chi connectivity index (χ3v) is 5.59. The Morgan fingerprint density at radius 1 is 1.03 bits per heavy atom. The van der Waals surface area contributed by atoms with Gasteiger partial charge in [-0.05, 0) is 42.5 Å². The normalized spacial score (nSPS) is 10.9. The first-order valence-corrected chi connectivity index (χ1v) is 10.8. The van der Waals surface area contributed by atoms with Crippen molar-refractivity contribution in [3.63, 3.8) is 0 Å². The van der Waals surface area contributed by atoms with Gasteiger partial charge in [0.15, 0.2) is 0 Å². The van der Waals surface area contributed by atoms with Gasteiger partial charge in [0.1, 0.15) is 18.2 Å². The second-order valence-corrected chi connectivity index (χ2v) is 8.15. The molecule has 0 spiro atoms. The zero-order valence-electron chi connectivity index (χ0n) is 16.5. The molecular formula is C21H18FN3O6S. The molecule has 0 atom stereocenters. The zero-order chi connectivity index (χ0) is 23.1. The van der Waals surface area contributed by atoms with E-state index in [1.54, 1.807) is 12.1 Å². The number of ether oxygens (including phenoxy) is 1. The van der Waals surface area contributed by atoms with Crippen molar-refractivity contribution in [3.05, 3.63) is 94.3 Å². The zero-order valence-corrected chi connectivity index (χ0v) is 17.3. The number of sulfonamides is 1. The number of nitro benzene ring substituents is 1. The van der Waals surface area contributed by atoms with Crippen LogP contribution in [0, 0.1) is 15.9 Å². The maximum absolute atomic E-state index is 12.9. The smallest absolute Gasteiger partial charge is 0.270 e. The summed E-state index contributed by atoms with van der Waals surface area (Å²) in [7, 11) is -4.18. The number of non-ortho nitro benzene ring substituents is 1. The Morgan fingerprint density at radius 3 is 2.47 bits per heavy atom. The summed E-state index contributed by atoms with van der Waals surface area (Å²) in [5.41, 5.74) is -0.306. The van der Waals surface area contributed by atoms with Crippen molar-refractivity contribution in [3.8, 4) is 5.75 Å². The Labute approximate surface area is 183 Å². The number of nitro groups is 1. The van der Waals surface area contributed by atoms with Crippen molar-refractivity contribution >= 4 is 27.3 Å². The van der Waals surface area contributed by atoms with Crippen LogP contribution < -0.4 is 14.8 Å². The first-order chi connectivity index (χ1) is 15.3. The Kier molecular flexibility index (Phi) is 7.00. The fourth-order valence-corrected chi connectivity index (χ4v) is 3.82. The lowest BCUT2D eigenvalue weighted by Crippen LogP contribution is -2.29. The summed E-state index contributed by atoms with van der Waals surface area (Å²) in [6, 6.07) is 15.9. The molecule has 9 nitrogen and oxygen atoms in total. The molecule has 3 aromatic rings. The number of hydrogen-bond acceptors (Lipinski definition) is 6. The first kappa shape index (κ1) is 22.7. The van der Waals surface area contributed by atoms with Crippen LogP contribution in [0.15, 0.2) is 77.7 Å². The number of nitrogens with zero attached hydrogens (tertiary/aromatic N) is 1. The molecule has 32 heavy (non-hydrogen) atoms. The number of anilines is 1. The van der Waals surface area contributed by atoms with Gasteiger partial charge in [-0.1, -0.05) is 18.2 Å². The van der Waals surface area contributed by atoms with Gasteiger partial charge in [0.25, 0.3) is 21.6 Å². The van der Waals surface area contributed by atoms with Crippen LogP contribution in [0.25, 0.3) is 0 Å². The summed E-state index contributed by atoms with van der Waals surface area (Å²) in [6.07, 6.45) is 0. The molecule has 3 aromatic carbocycles.